The highest BCUT2D eigenvalue weighted by Crippen LogP contribution is 2.51. The molecule has 0 aliphatic carbocycles. The summed E-state index contributed by atoms with van der Waals surface area (Å²) in [4.78, 5) is 2.56. The SMILES string of the molecule is CCCCCCCCSc1c(OCCC(C)C)c(C#N)c(C#N)c(OCCC(C)C)c1Sc1ccccc1N. The van der Waals surface area contributed by atoms with Crippen molar-refractivity contribution in [3.63, 3.8) is 0 Å². The Morgan fingerprint density at radius 1 is 0.795 bits per heavy atom. The number of nitrogens with two attached hydrogens (primary N) is 1. The second-order valence-electron chi connectivity index (χ2n) is 10.6. The molecule has 0 bridgehead atoms. The molecule has 0 aromatic heterocycles. The number of unbranched alkanes of at least 4 members (excludes halogenated alkanes) is 5. The van der Waals surface area contributed by atoms with Gasteiger partial charge in [-0.15, -0.1) is 11.8 Å². The molecule has 0 amide bonds. The Morgan fingerprint density at radius 2 is 1.33 bits per heavy atom. The van der Waals surface area contributed by atoms with E-state index in [1.807, 2.05) is 24.3 Å². The van der Waals surface area contributed by atoms with E-state index in [0.717, 1.165) is 39.7 Å². The quantitative estimate of drug-likeness (QED) is 0.109. The van der Waals surface area contributed by atoms with Crippen molar-refractivity contribution in [2.24, 2.45) is 11.8 Å². The minimum atomic E-state index is 0.238. The van der Waals surface area contributed by atoms with E-state index in [1.165, 1.54) is 43.9 Å². The Morgan fingerprint density at radius 3 is 1.87 bits per heavy atom. The van der Waals surface area contributed by atoms with Crippen LogP contribution in [0.2, 0.25) is 0 Å². The van der Waals surface area contributed by atoms with Gasteiger partial charge in [0.1, 0.15) is 23.3 Å². The van der Waals surface area contributed by atoms with Crippen LogP contribution in [-0.2, 0) is 0 Å². The lowest BCUT2D eigenvalue weighted by Crippen LogP contribution is -2.09. The molecule has 0 saturated carbocycles. The average Bonchev–Trinajstić information content (AvgIpc) is 2.90. The first-order valence-corrected chi connectivity index (χ1v) is 16.1. The Bertz CT molecular complexity index is 1120. The van der Waals surface area contributed by atoms with E-state index < -0.39 is 0 Å². The maximum atomic E-state index is 10.3. The third-order valence-corrected chi connectivity index (χ3v) is 8.79. The van der Waals surface area contributed by atoms with Crippen LogP contribution in [0.5, 0.6) is 11.5 Å². The lowest BCUT2D eigenvalue weighted by molar-refractivity contribution is 0.269. The Labute approximate surface area is 244 Å². The van der Waals surface area contributed by atoms with E-state index in [0.29, 0.717) is 42.2 Å². The smallest absolute Gasteiger partial charge is 0.153 e. The molecular weight excluding hydrogens is 523 g/mol. The zero-order valence-electron chi connectivity index (χ0n) is 24.3. The van der Waals surface area contributed by atoms with Gasteiger partial charge in [-0.05, 0) is 49.0 Å². The summed E-state index contributed by atoms with van der Waals surface area (Å²) in [6.07, 6.45) is 8.95. The maximum Gasteiger partial charge on any atom is 0.153 e. The van der Waals surface area contributed by atoms with Gasteiger partial charge in [-0.1, -0.05) is 90.6 Å². The number of rotatable bonds is 18. The number of nitriles is 2. The van der Waals surface area contributed by atoms with Crippen molar-refractivity contribution >= 4 is 29.2 Å². The second kappa shape index (κ2) is 18.0. The normalized spacial score (nSPS) is 11.0. The molecule has 0 spiro atoms. The second-order valence-corrected chi connectivity index (χ2v) is 12.8. The highest BCUT2D eigenvalue weighted by molar-refractivity contribution is 8.02. The molecule has 39 heavy (non-hydrogen) atoms. The molecule has 0 saturated heterocycles. The summed E-state index contributed by atoms with van der Waals surface area (Å²) >= 11 is 3.19. The number of anilines is 1. The molecule has 0 heterocycles. The number of hydrogen-bond acceptors (Lipinski definition) is 7. The summed E-state index contributed by atoms with van der Waals surface area (Å²) in [7, 11) is 0. The third kappa shape index (κ3) is 10.5. The fraction of sp³-hybridized carbons (Fsp3) is 0.562. The van der Waals surface area contributed by atoms with Crippen LogP contribution in [0.25, 0.3) is 0 Å². The Hall–Kier alpha value is -2.48. The lowest BCUT2D eigenvalue weighted by atomic mass is 10.1. The molecule has 2 aromatic rings. The van der Waals surface area contributed by atoms with Crippen LogP contribution in [0, 0.1) is 34.5 Å². The number of benzene rings is 2. The summed E-state index contributed by atoms with van der Waals surface area (Å²) < 4.78 is 12.7. The molecule has 7 heteroatoms. The lowest BCUT2D eigenvalue weighted by Gasteiger charge is -2.22. The van der Waals surface area contributed by atoms with Crippen molar-refractivity contribution in [1.29, 1.82) is 10.5 Å². The molecule has 2 rings (SSSR count). The van der Waals surface area contributed by atoms with Crippen molar-refractivity contribution in [1.82, 2.24) is 0 Å². The summed E-state index contributed by atoms with van der Waals surface area (Å²) in [6.45, 7) is 11.8. The molecular formula is C32H45N3O2S2. The van der Waals surface area contributed by atoms with Crippen LogP contribution >= 0.6 is 23.5 Å². The first-order valence-electron chi connectivity index (χ1n) is 14.3. The molecule has 0 aliphatic heterocycles. The molecule has 5 nitrogen and oxygen atoms in total. The van der Waals surface area contributed by atoms with E-state index in [9.17, 15) is 10.5 Å². The van der Waals surface area contributed by atoms with Crippen molar-refractivity contribution in [3.8, 4) is 23.6 Å². The van der Waals surface area contributed by atoms with Gasteiger partial charge in [0.05, 0.1) is 23.0 Å². The molecule has 0 atom stereocenters. The summed E-state index contributed by atoms with van der Waals surface area (Å²) in [5.74, 6) is 2.77. The van der Waals surface area contributed by atoms with Gasteiger partial charge in [0.2, 0.25) is 0 Å². The van der Waals surface area contributed by atoms with Crippen molar-refractivity contribution < 1.29 is 9.47 Å². The zero-order valence-corrected chi connectivity index (χ0v) is 26.0. The first kappa shape index (κ1) is 32.7. The van der Waals surface area contributed by atoms with E-state index >= 15 is 0 Å². The maximum absolute atomic E-state index is 10.3. The van der Waals surface area contributed by atoms with Gasteiger partial charge in [-0.25, -0.2) is 0 Å². The zero-order chi connectivity index (χ0) is 28.6. The van der Waals surface area contributed by atoms with Crippen LogP contribution in [0.3, 0.4) is 0 Å². The van der Waals surface area contributed by atoms with Gasteiger partial charge in [-0.2, -0.15) is 10.5 Å². The largest absolute Gasteiger partial charge is 0.491 e. The van der Waals surface area contributed by atoms with Crippen LogP contribution in [0.1, 0.15) is 97.1 Å². The number of hydrogen-bond donors (Lipinski definition) is 1. The van der Waals surface area contributed by atoms with Gasteiger partial charge in [0.25, 0.3) is 0 Å². The fourth-order valence-electron chi connectivity index (χ4n) is 3.91. The monoisotopic (exact) mass is 567 g/mol. The van der Waals surface area contributed by atoms with Gasteiger partial charge < -0.3 is 15.2 Å². The topological polar surface area (TPSA) is 92.1 Å². The average molecular weight is 568 g/mol. The van der Waals surface area contributed by atoms with Gasteiger partial charge in [0.15, 0.2) is 11.5 Å². The standard InChI is InChI=1S/C32H45N3O2S2/c1-6-7-8-9-10-13-20-38-31-29(36-18-16-23(2)3)25(21-33)26(22-34)30(37-19-17-24(4)5)32(31)39-28-15-12-11-14-27(28)35/h11-12,14-15,23-24H,6-10,13,16-20,35H2,1-5H3. The molecule has 0 aliphatic rings. The van der Waals surface area contributed by atoms with Crippen LogP contribution in [0.4, 0.5) is 5.69 Å². The van der Waals surface area contributed by atoms with Crippen LogP contribution in [0.15, 0.2) is 39.0 Å². The third-order valence-electron chi connectivity index (χ3n) is 6.30. The van der Waals surface area contributed by atoms with Gasteiger partial charge >= 0.3 is 0 Å². The summed E-state index contributed by atoms with van der Waals surface area (Å²) in [5, 5.41) is 20.5. The van der Waals surface area contributed by atoms with E-state index in [1.54, 1.807) is 11.8 Å². The molecule has 0 fully saturated rings. The predicted molar refractivity (Wildman–Crippen MR) is 165 cm³/mol. The molecule has 212 valence electrons. The van der Waals surface area contributed by atoms with E-state index in [2.05, 4.69) is 46.8 Å². The van der Waals surface area contributed by atoms with E-state index in [4.69, 9.17) is 15.2 Å². The van der Waals surface area contributed by atoms with Crippen molar-refractivity contribution in [2.75, 3.05) is 24.7 Å². The number of nitrogen functional groups attached to an aromatic ring is 1. The highest BCUT2D eigenvalue weighted by atomic mass is 32.2. The van der Waals surface area contributed by atoms with Gasteiger partial charge in [-0.3, -0.25) is 0 Å². The van der Waals surface area contributed by atoms with Crippen LogP contribution in [-0.4, -0.2) is 19.0 Å². The Kier molecular flexibility index (Phi) is 15.1. The number of thioether (sulfide) groups is 1. The van der Waals surface area contributed by atoms with Crippen molar-refractivity contribution in [3.05, 3.63) is 35.4 Å². The fourth-order valence-corrected chi connectivity index (χ4v) is 6.27. The van der Waals surface area contributed by atoms with Crippen LogP contribution < -0.4 is 15.2 Å². The summed E-state index contributed by atoms with van der Waals surface area (Å²) in [6, 6.07) is 12.3. The van der Waals surface area contributed by atoms with Gasteiger partial charge in [0, 0.05) is 10.6 Å². The number of para-hydroxylation sites is 1. The molecule has 0 unspecified atom stereocenters. The molecule has 2 N–H and O–H groups in total. The minimum Gasteiger partial charge on any atom is -0.491 e. The first-order chi connectivity index (χ1) is 18.8. The molecule has 2 aromatic carbocycles. The predicted octanol–water partition coefficient (Wildman–Crippen LogP) is 9.47. The minimum absolute atomic E-state index is 0.238. The van der Waals surface area contributed by atoms with E-state index in [-0.39, 0.29) is 11.1 Å². The van der Waals surface area contributed by atoms with Crippen molar-refractivity contribution in [2.45, 2.75) is 101 Å². The molecule has 0 radical (unpaired) electrons. The number of ether oxygens (including phenoxy) is 2. The summed E-state index contributed by atoms with van der Waals surface area (Å²) in [5.41, 5.74) is 7.51. The Balaban J connectivity index is 2.61. The number of nitrogens with zero attached hydrogens (tertiary/aromatic N) is 2. The highest BCUT2D eigenvalue weighted by Gasteiger charge is 2.28.